The van der Waals surface area contributed by atoms with Crippen molar-refractivity contribution in [2.75, 3.05) is 26.8 Å². The van der Waals surface area contributed by atoms with Crippen molar-refractivity contribution in [3.05, 3.63) is 0 Å². The van der Waals surface area contributed by atoms with E-state index in [2.05, 4.69) is 0 Å². The number of hydrogen-bond donors (Lipinski definition) is 0. The van der Waals surface area contributed by atoms with E-state index in [-0.39, 0.29) is 12.5 Å². The van der Waals surface area contributed by atoms with Gasteiger partial charge in [-0.1, -0.05) is 0 Å². The molecule has 0 aromatic rings. The van der Waals surface area contributed by atoms with E-state index >= 15 is 0 Å². The largest absolute Gasteiger partial charge is 0.375 e. The number of ether oxygens (including phenoxy) is 1. The molecule has 2 rings (SSSR count). The van der Waals surface area contributed by atoms with Crippen molar-refractivity contribution < 1.29 is 9.53 Å². The molecular weight excluding hydrogens is 178 g/mol. The smallest absolute Gasteiger partial charge is 0.248 e. The van der Waals surface area contributed by atoms with Crippen molar-refractivity contribution in [3.63, 3.8) is 0 Å². The first-order chi connectivity index (χ1) is 6.79. The highest BCUT2D eigenvalue weighted by Crippen LogP contribution is 2.33. The van der Waals surface area contributed by atoms with Crippen LogP contribution in [0, 0.1) is 11.8 Å². The quantitative estimate of drug-likeness (QED) is 0.642. The van der Waals surface area contributed by atoms with E-state index in [0.29, 0.717) is 0 Å². The van der Waals surface area contributed by atoms with E-state index < -0.39 is 0 Å². The van der Waals surface area contributed by atoms with Gasteiger partial charge in [-0.05, 0) is 37.5 Å². The summed E-state index contributed by atoms with van der Waals surface area (Å²) >= 11 is 0. The highest BCUT2D eigenvalue weighted by molar-refractivity contribution is 5.77. The molecule has 3 nitrogen and oxygen atoms in total. The number of carbonyl (C=O) groups is 1. The fourth-order valence-corrected chi connectivity index (χ4v) is 1.72. The highest BCUT2D eigenvalue weighted by atomic mass is 16.5. The lowest BCUT2D eigenvalue weighted by atomic mass is 10.3. The third-order valence-electron chi connectivity index (χ3n) is 2.97. The minimum atomic E-state index is 0.172. The molecule has 14 heavy (non-hydrogen) atoms. The van der Waals surface area contributed by atoms with Crippen molar-refractivity contribution in [3.8, 4) is 0 Å². The predicted octanol–water partition coefficient (Wildman–Crippen LogP) is 1.28. The molecule has 0 spiro atoms. The number of amides is 1. The van der Waals surface area contributed by atoms with Crippen LogP contribution >= 0.6 is 0 Å². The van der Waals surface area contributed by atoms with Gasteiger partial charge in [0.2, 0.25) is 5.91 Å². The molecule has 2 saturated carbocycles. The first-order valence-corrected chi connectivity index (χ1v) is 5.56. The zero-order valence-corrected chi connectivity index (χ0v) is 8.87. The molecule has 80 valence electrons. The van der Waals surface area contributed by atoms with Gasteiger partial charge in [-0.25, -0.2) is 0 Å². The molecule has 2 aliphatic carbocycles. The Bertz CT molecular complexity index is 195. The molecular formula is C11H19NO2. The molecule has 0 aliphatic heterocycles. The van der Waals surface area contributed by atoms with Crippen LogP contribution in [0.4, 0.5) is 0 Å². The predicted molar refractivity (Wildman–Crippen MR) is 53.9 cm³/mol. The molecule has 0 heterocycles. The van der Waals surface area contributed by atoms with Crippen molar-refractivity contribution in [1.29, 1.82) is 0 Å². The second-order valence-corrected chi connectivity index (χ2v) is 4.62. The van der Waals surface area contributed by atoms with Crippen LogP contribution in [0.25, 0.3) is 0 Å². The summed E-state index contributed by atoms with van der Waals surface area (Å²) in [5.74, 6) is 1.75. The Hall–Kier alpha value is -0.570. The molecule has 0 bridgehead atoms. The molecule has 1 amide bonds. The van der Waals surface area contributed by atoms with Crippen LogP contribution in [0.15, 0.2) is 0 Å². The number of methoxy groups -OCH3 is 1. The summed E-state index contributed by atoms with van der Waals surface area (Å²) in [6.07, 6.45) is 5.23. The van der Waals surface area contributed by atoms with Gasteiger partial charge in [0, 0.05) is 20.2 Å². The molecule has 3 heteroatoms. The highest BCUT2D eigenvalue weighted by Gasteiger charge is 2.31. The third-order valence-corrected chi connectivity index (χ3v) is 2.97. The van der Waals surface area contributed by atoms with Crippen LogP contribution in [0.5, 0.6) is 0 Å². The zero-order chi connectivity index (χ0) is 9.97. The molecule has 0 saturated heterocycles. The molecule has 2 aliphatic rings. The lowest BCUT2D eigenvalue weighted by Gasteiger charge is -2.22. The molecule has 0 atom stereocenters. The maximum atomic E-state index is 11.7. The maximum absolute atomic E-state index is 11.7. The van der Waals surface area contributed by atoms with E-state index in [4.69, 9.17) is 4.74 Å². The SMILES string of the molecule is COCC(=O)N(CC1CC1)CC1CC1. The summed E-state index contributed by atoms with van der Waals surface area (Å²) in [6.45, 7) is 2.19. The van der Waals surface area contributed by atoms with Gasteiger partial charge >= 0.3 is 0 Å². The minimum Gasteiger partial charge on any atom is -0.375 e. The second kappa shape index (κ2) is 4.30. The first kappa shape index (κ1) is 9.97. The monoisotopic (exact) mass is 197 g/mol. The Kier molecular flexibility index (Phi) is 3.06. The summed E-state index contributed by atoms with van der Waals surface area (Å²) in [5.41, 5.74) is 0. The fourth-order valence-electron chi connectivity index (χ4n) is 1.72. The van der Waals surface area contributed by atoms with Gasteiger partial charge in [0.05, 0.1) is 0 Å². The van der Waals surface area contributed by atoms with Gasteiger partial charge in [-0.15, -0.1) is 0 Å². The molecule has 0 radical (unpaired) electrons. The maximum Gasteiger partial charge on any atom is 0.248 e. The van der Waals surface area contributed by atoms with Crippen molar-refractivity contribution in [2.24, 2.45) is 11.8 Å². The number of rotatable bonds is 6. The number of nitrogens with zero attached hydrogens (tertiary/aromatic N) is 1. The molecule has 0 aromatic heterocycles. The van der Waals surface area contributed by atoms with Crippen molar-refractivity contribution >= 4 is 5.91 Å². The van der Waals surface area contributed by atoms with Gasteiger partial charge in [0.1, 0.15) is 6.61 Å². The minimum absolute atomic E-state index is 0.172. The average Bonchev–Trinajstić information content (AvgIpc) is 2.97. The van der Waals surface area contributed by atoms with Crippen LogP contribution < -0.4 is 0 Å². The summed E-state index contributed by atoms with van der Waals surface area (Å²) < 4.78 is 4.90. The number of hydrogen-bond acceptors (Lipinski definition) is 2. The van der Waals surface area contributed by atoms with E-state index in [1.54, 1.807) is 7.11 Å². The standard InChI is InChI=1S/C11H19NO2/c1-14-8-11(13)12(6-9-2-3-9)7-10-4-5-10/h9-10H,2-8H2,1H3. The van der Waals surface area contributed by atoms with Crippen LogP contribution in [-0.2, 0) is 9.53 Å². The Morgan fingerprint density at radius 3 is 2.07 bits per heavy atom. The molecule has 0 N–H and O–H groups in total. The summed E-state index contributed by atoms with van der Waals surface area (Å²) in [5, 5.41) is 0. The lowest BCUT2D eigenvalue weighted by molar-refractivity contribution is -0.135. The van der Waals surface area contributed by atoms with Crippen LogP contribution in [0.1, 0.15) is 25.7 Å². The van der Waals surface area contributed by atoms with E-state index in [1.807, 2.05) is 4.90 Å². The normalized spacial score (nSPS) is 20.9. The lowest BCUT2D eigenvalue weighted by Crippen LogP contribution is -2.37. The summed E-state index contributed by atoms with van der Waals surface area (Å²) in [7, 11) is 1.59. The Morgan fingerprint density at radius 2 is 1.71 bits per heavy atom. The van der Waals surface area contributed by atoms with Crippen molar-refractivity contribution in [2.45, 2.75) is 25.7 Å². The van der Waals surface area contributed by atoms with Gasteiger partial charge in [-0.3, -0.25) is 4.79 Å². The zero-order valence-electron chi connectivity index (χ0n) is 8.87. The Morgan fingerprint density at radius 1 is 1.21 bits per heavy atom. The Labute approximate surface area is 85.4 Å². The topological polar surface area (TPSA) is 29.5 Å². The molecule has 2 fully saturated rings. The number of carbonyl (C=O) groups excluding carboxylic acids is 1. The van der Waals surface area contributed by atoms with Crippen molar-refractivity contribution in [1.82, 2.24) is 4.90 Å². The van der Waals surface area contributed by atoms with E-state index in [9.17, 15) is 4.79 Å². The molecule has 0 aromatic carbocycles. The summed E-state index contributed by atoms with van der Waals surface area (Å²) in [6, 6.07) is 0. The molecule has 0 unspecified atom stereocenters. The van der Waals surface area contributed by atoms with Gasteiger partial charge in [0.25, 0.3) is 0 Å². The van der Waals surface area contributed by atoms with Gasteiger partial charge < -0.3 is 9.64 Å². The van der Waals surface area contributed by atoms with Gasteiger partial charge in [0.15, 0.2) is 0 Å². The third kappa shape index (κ3) is 2.98. The Balaban J connectivity index is 1.78. The van der Waals surface area contributed by atoms with Crippen LogP contribution in [0.2, 0.25) is 0 Å². The van der Waals surface area contributed by atoms with Crippen LogP contribution in [-0.4, -0.2) is 37.6 Å². The van der Waals surface area contributed by atoms with Gasteiger partial charge in [-0.2, -0.15) is 0 Å². The summed E-state index contributed by atoms with van der Waals surface area (Å²) in [4.78, 5) is 13.7. The van der Waals surface area contributed by atoms with Crippen LogP contribution in [0.3, 0.4) is 0 Å². The average molecular weight is 197 g/mol. The van der Waals surface area contributed by atoms with E-state index in [1.165, 1.54) is 25.7 Å². The second-order valence-electron chi connectivity index (χ2n) is 4.62. The first-order valence-electron chi connectivity index (χ1n) is 5.56. The fraction of sp³-hybridized carbons (Fsp3) is 0.909. The van der Waals surface area contributed by atoms with E-state index in [0.717, 1.165) is 24.9 Å².